The van der Waals surface area contributed by atoms with Crippen molar-refractivity contribution in [1.82, 2.24) is 14.3 Å². The van der Waals surface area contributed by atoms with Crippen molar-refractivity contribution in [3.63, 3.8) is 0 Å². The molecule has 160 valence electrons. The second-order valence-electron chi connectivity index (χ2n) is 8.69. The molecule has 0 saturated heterocycles. The van der Waals surface area contributed by atoms with Gasteiger partial charge in [-0.15, -0.1) is 0 Å². The van der Waals surface area contributed by atoms with Crippen molar-refractivity contribution in [2.75, 3.05) is 6.61 Å². The fourth-order valence-electron chi connectivity index (χ4n) is 3.47. The minimum absolute atomic E-state index is 0.0439. The van der Waals surface area contributed by atoms with Gasteiger partial charge in [0.2, 0.25) is 0 Å². The van der Waals surface area contributed by atoms with E-state index in [4.69, 9.17) is 4.74 Å². The zero-order chi connectivity index (χ0) is 21.6. The smallest absolute Gasteiger partial charge is 0.346 e. The Morgan fingerprint density at radius 2 is 1.67 bits per heavy atom. The van der Waals surface area contributed by atoms with Crippen molar-refractivity contribution in [1.29, 1.82) is 0 Å². The summed E-state index contributed by atoms with van der Waals surface area (Å²) in [6, 6.07) is 18.6. The molecule has 1 heterocycles. The van der Waals surface area contributed by atoms with Crippen LogP contribution in [0.25, 0.3) is 0 Å². The number of aryl methyl sites for hydroxylation is 1. The van der Waals surface area contributed by atoms with E-state index in [2.05, 4.69) is 62.3 Å². The molecule has 0 aliphatic heterocycles. The molecule has 0 saturated carbocycles. The normalized spacial score (nSPS) is 11.7. The van der Waals surface area contributed by atoms with E-state index >= 15 is 0 Å². The molecule has 5 heteroatoms. The Balaban J connectivity index is 1.59. The van der Waals surface area contributed by atoms with Crippen LogP contribution in [0.2, 0.25) is 0 Å². The Bertz CT molecular complexity index is 980. The van der Waals surface area contributed by atoms with Crippen LogP contribution in [0.5, 0.6) is 0 Å². The molecule has 3 aromatic rings. The molecule has 0 unspecified atom stereocenters. The first-order valence-corrected chi connectivity index (χ1v) is 10.8. The van der Waals surface area contributed by atoms with Crippen molar-refractivity contribution in [2.45, 2.75) is 65.6 Å². The van der Waals surface area contributed by atoms with Crippen molar-refractivity contribution >= 4 is 0 Å². The number of benzene rings is 2. The molecule has 2 aromatic carbocycles. The molecule has 30 heavy (non-hydrogen) atoms. The van der Waals surface area contributed by atoms with E-state index in [1.165, 1.54) is 11.1 Å². The van der Waals surface area contributed by atoms with Gasteiger partial charge in [-0.05, 0) is 35.4 Å². The zero-order valence-electron chi connectivity index (χ0n) is 18.6. The summed E-state index contributed by atoms with van der Waals surface area (Å²) in [7, 11) is 0. The third kappa shape index (κ3) is 5.70. The molecule has 1 aromatic heterocycles. The lowest BCUT2D eigenvalue weighted by Crippen LogP contribution is -2.25. The maximum atomic E-state index is 12.8. The second-order valence-corrected chi connectivity index (χ2v) is 8.69. The van der Waals surface area contributed by atoms with Gasteiger partial charge in [-0.2, -0.15) is 5.10 Å². The number of nitrogens with zero attached hydrogens (tertiary/aromatic N) is 3. The summed E-state index contributed by atoms with van der Waals surface area (Å²) < 4.78 is 9.11. The van der Waals surface area contributed by atoms with Crippen molar-refractivity contribution in [2.24, 2.45) is 0 Å². The van der Waals surface area contributed by atoms with Gasteiger partial charge in [0.1, 0.15) is 5.82 Å². The highest BCUT2D eigenvalue weighted by molar-refractivity contribution is 5.27. The van der Waals surface area contributed by atoms with Crippen LogP contribution in [0.15, 0.2) is 59.4 Å². The molecule has 0 radical (unpaired) electrons. The Labute approximate surface area is 179 Å². The summed E-state index contributed by atoms with van der Waals surface area (Å²) in [5, 5.41) is 4.61. The van der Waals surface area contributed by atoms with E-state index in [0.717, 1.165) is 24.2 Å². The maximum Gasteiger partial charge on any atom is 0.346 e. The first kappa shape index (κ1) is 22.0. The molecule has 0 aliphatic rings. The summed E-state index contributed by atoms with van der Waals surface area (Å²) in [6.07, 6.45) is 1.57. The van der Waals surface area contributed by atoms with Gasteiger partial charge in [-0.3, -0.25) is 4.57 Å². The molecule has 0 fully saturated rings. The third-order valence-electron chi connectivity index (χ3n) is 5.27. The number of rotatable bonds is 9. The number of ether oxygens (including phenoxy) is 1. The molecule has 0 bridgehead atoms. The highest BCUT2D eigenvalue weighted by atomic mass is 16.5. The van der Waals surface area contributed by atoms with Crippen molar-refractivity contribution in [3.05, 3.63) is 87.6 Å². The predicted octanol–water partition coefficient (Wildman–Crippen LogP) is 4.56. The van der Waals surface area contributed by atoms with Gasteiger partial charge in [0, 0.05) is 19.6 Å². The lowest BCUT2D eigenvalue weighted by atomic mass is 9.87. The van der Waals surface area contributed by atoms with Crippen LogP contribution in [0.4, 0.5) is 0 Å². The van der Waals surface area contributed by atoms with E-state index < -0.39 is 0 Å². The van der Waals surface area contributed by atoms with Gasteiger partial charge >= 0.3 is 5.69 Å². The van der Waals surface area contributed by atoms with Crippen LogP contribution in [0.3, 0.4) is 0 Å². The Hall–Kier alpha value is -2.66. The van der Waals surface area contributed by atoms with Crippen LogP contribution in [-0.2, 0) is 36.3 Å². The Kier molecular flexibility index (Phi) is 7.27. The minimum atomic E-state index is -0.0439. The van der Waals surface area contributed by atoms with Gasteiger partial charge in [0.15, 0.2) is 0 Å². The summed E-state index contributed by atoms with van der Waals surface area (Å²) >= 11 is 0. The molecule has 0 aliphatic carbocycles. The van der Waals surface area contributed by atoms with Crippen LogP contribution in [0, 0.1) is 0 Å². The zero-order valence-corrected chi connectivity index (χ0v) is 18.6. The largest absolute Gasteiger partial charge is 0.377 e. The van der Waals surface area contributed by atoms with Crippen LogP contribution in [0.1, 0.15) is 56.6 Å². The fourth-order valence-corrected chi connectivity index (χ4v) is 3.47. The van der Waals surface area contributed by atoms with Crippen LogP contribution >= 0.6 is 0 Å². The van der Waals surface area contributed by atoms with Crippen molar-refractivity contribution < 1.29 is 4.74 Å². The Morgan fingerprint density at radius 1 is 0.967 bits per heavy atom. The number of hydrogen-bond donors (Lipinski definition) is 0. The second kappa shape index (κ2) is 9.90. The van der Waals surface area contributed by atoms with E-state index in [9.17, 15) is 4.79 Å². The van der Waals surface area contributed by atoms with E-state index in [0.29, 0.717) is 26.3 Å². The van der Waals surface area contributed by atoms with Gasteiger partial charge in [0.05, 0.1) is 13.2 Å². The van der Waals surface area contributed by atoms with E-state index in [-0.39, 0.29) is 11.1 Å². The van der Waals surface area contributed by atoms with Gasteiger partial charge in [0.25, 0.3) is 0 Å². The first-order chi connectivity index (χ1) is 14.4. The predicted molar refractivity (Wildman–Crippen MR) is 121 cm³/mol. The summed E-state index contributed by atoms with van der Waals surface area (Å²) in [5.41, 5.74) is 3.62. The molecule has 3 rings (SSSR count). The highest BCUT2D eigenvalue weighted by Crippen LogP contribution is 2.22. The molecule has 0 atom stereocenters. The van der Waals surface area contributed by atoms with E-state index in [1.807, 2.05) is 25.1 Å². The highest BCUT2D eigenvalue weighted by Gasteiger charge is 2.15. The monoisotopic (exact) mass is 407 g/mol. The first-order valence-electron chi connectivity index (χ1n) is 10.8. The maximum absolute atomic E-state index is 12.8. The van der Waals surface area contributed by atoms with Crippen LogP contribution < -0.4 is 5.69 Å². The lowest BCUT2D eigenvalue weighted by Gasteiger charge is -2.19. The van der Waals surface area contributed by atoms with Gasteiger partial charge in [-0.25, -0.2) is 9.48 Å². The third-order valence-corrected chi connectivity index (χ3v) is 5.27. The van der Waals surface area contributed by atoms with Gasteiger partial charge < -0.3 is 4.74 Å². The number of hydrogen-bond acceptors (Lipinski definition) is 3. The van der Waals surface area contributed by atoms with Crippen molar-refractivity contribution in [3.8, 4) is 0 Å². The molecular weight excluding hydrogens is 374 g/mol. The standard InChI is InChI=1S/C25H33N3O2/c1-5-27-23(12-9-17-30-19-21-10-7-6-8-11-21)26-28(24(27)29)18-20-13-15-22(16-14-20)25(2,3)4/h6-8,10-11,13-16H,5,9,12,17-19H2,1-4H3. The average Bonchev–Trinajstić information content (AvgIpc) is 3.02. The Morgan fingerprint density at radius 3 is 2.30 bits per heavy atom. The van der Waals surface area contributed by atoms with E-state index in [1.54, 1.807) is 9.25 Å². The average molecular weight is 408 g/mol. The fraction of sp³-hybridized carbons (Fsp3) is 0.440. The molecule has 0 spiro atoms. The SMILES string of the molecule is CCn1c(CCCOCc2ccccc2)nn(Cc2ccc(C(C)(C)C)cc2)c1=O. The van der Waals surface area contributed by atoms with Crippen LogP contribution in [-0.4, -0.2) is 21.0 Å². The molecule has 0 N–H and O–H groups in total. The molecular formula is C25H33N3O2. The molecule has 5 nitrogen and oxygen atoms in total. The topological polar surface area (TPSA) is 49.0 Å². The minimum Gasteiger partial charge on any atom is -0.377 e. The summed E-state index contributed by atoms with van der Waals surface area (Å²) in [5.74, 6) is 0.831. The summed E-state index contributed by atoms with van der Waals surface area (Å²) in [6.45, 7) is 11.0. The van der Waals surface area contributed by atoms with Gasteiger partial charge in [-0.1, -0.05) is 75.4 Å². The summed E-state index contributed by atoms with van der Waals surface area (Å²) in [4.78, 5) is 12.8. The quantitative estimate of drug-likeness (QED) is 0.489. The number of aromatic nitrogens is 3. The molecule has 0 amide bonds. The lowest BCUT2D eigenvalue weighted by molar-refractivity contribution is 0.118.